The van der Waals surface area contributed by atoms with Crippen LogP contribution in [0.4, 0.5) is 24.8 Å². The van der Waals surface area contributed by atoms with E-state index in [1.807, 2.05) is 11.8 Å². The second-order valence-electron chi connectivity index (χ2n) is 5.03. The van der Waals surface area contributed by atoms with Crippen LogP contribution in [0.15, 0.2) is 12.1 Å². The molecule has 1 aromatic rings. The summed E-state index contributed by atoms with van der Waals surface area (Å²) in [6, 6.07) is 2.53. The minimum Gasteiger partial charge on any atom is -0.370 e. The van der Waals surface area contributed by atoms with Crippen LogP contribution < -0.4 is 10.2 Å². The van der Waals surface area contributed by atoms with Gasteiger partial charge in [0, 0.05) is 19.1 Å². The van der Waals surface area contributed by atoms with Crippen molar-refractivity contribution in [3.8, 4) is 0 Å². The maximum absolute atomic E-state index is 13.0. The third-order valence-electron chi connectivity index (χ3n) is 3.64. The van der Waals surface area contributed by atoms with E-state index in [0.29, 0.717) is 24.2 Å². The van der Waals surface area contributed by atoms with Gasteiger partial charge in [-0.1, -0.05) is 6.92 Å². The van der Waals surface area contributed by atoms with E-state index >= 15 is 0 Å². The zero-order chi connectivity index (χ0) is 14.8. The molecule has 2 heterocycles. The van der Waals surface area contributed by atoms with Gasteiger partial charge in [0.15, 0.2) is 0 Å². The molecular weight excluding hydrogens is 267 g/mol. The molecule has 1 saturated heterocycles. The highest BCUT2D eigenvalue weighted by molar-refractivity contribution is 5.52. The summed E-state index contributed by atoms with van der Waals surface area (Å²) in [5.41, 5.74) is -0.639. The van der Waals surface area contributed by atoms with Gasteiger partial charge < -0.3 is 10.2 Å². The fraction of sp³-hybridized carbons (Fsp3) is 0.643. The molecule has 0 aromatic carbocycles. The first-order valence-electron chi connectivity index (χ1n) is 7.05. The summed E-state index contributed by atoms with van der Waals surface area (Å²) in [6.45, 7) is 5.22. The Morgan fingerprint density at radius 2 is 2.10 bits per heavy atom. The molecule has 1 N–H and O–H groups in total. The molecule has 0 amide bonds. The quantitative estimate of drug-likeness (QED) is 0.910. The van der Waals surface area contributed by atoms with Crippen molar-refractivity contribution < 1.29 is 13.2 Å². The number of nitrogens with one attached hydrogen (secondary N) is 1. The Morgan fingerprint density at radius 3 is 2.70 bits per heavy atom. The maximum atomic E-state index is 13.0. The summed E-state index contributed by atoms with van der Waals surface area (Å²) in [4.78, 5) is 6.33. The van der Waals surface area contributed by atoms with E-state index in [-0.39, 0.29) is 0 Å². The fourth-order valence-electron chi connectivity index (χ4n) is 2.66. The Hall–Kier alpha value is -1.46. The number of anilines is 2. The Balaban J connectivity index is 2.38. The number of alkyl halides is 3. The lowest BCUT2D eigenvalue weighted by Gasteiger charge is -2.26. The van der Waals surface area contributed by atoms with Crippen LogP contribution in [0, 0.1) is 0 Å². The van der Waals surface area contributed by atoms with Gasteiger partial charge in [-0.25, -0.2) is 4.98 Å². The van der Waals surface area contributed by atoms with Crippen LogP contribution in [0.3, 0.4) is 0 Å². The van der Waals surface area contributed by atoms with Crippen molar-refractivity contribution in [1.29, 1.82) is 0 Å². The molecule has 1 atom stereocenters. The molecule has 0 radical (unpaired) electrons. The van der Waals surface area contributed by atoms with Crippen LogP contribution in [0.25, 0.3) is 0 Å². The molecule has 20 heavy (non-hydrogen) atoms. The van der Waals surface area contributed by atoms with E-state index in [9.17, 15) is 13.2 Å². The van der Waals surface area contributed by atoms with Crippen molar-refractivity contribution in [2.75, 3.05) is 23.3 Å². The normalized spacial score (nSPS) is 19.4. The lowest BCUT2D eigenvalue weighted by Crippen LogP contribution is -2.29. The molecule has 0 saturated carbocycles. The van der Waals surface area contributed by atoms with Crippen LogP contribution in [0.5, 0.6) is 0 Å². The van der Waals surface area contributed by atoms with Gasteiger partial charge in [-0.05, 0) is 38.3 Å². The van der Waals surface area contributed by atoms with E-state index in [4.69, 9.17) is 0 Å². The zero-order valence-corrected chi connectivity index (χ0v) is 11.8. The fourth-order valence-corrected chi connectivity index (χ4v) is 2.66. The average molecular weight is 287 g/mol. The van der Waals surface area contributed by atoms with Gasteiger partial charge in [0.25, 0.3) is 0 Å². The van der Waals surface area contributed by atoms with Crippen molar-refractivity contribution in [2.24, 2.45) is 0 Å². The molecule has 112 valence electrons. The van der Waals surface area contributed by atoms with Crippen LogP contribution in [-0.2, 0) is 6.18 Å². The number of aromatic nitrogens is 1. The van der Waals surface area contributed by atoms with Gasteiger partial charge in [-0.2, -0.15) is 13.2 Å². The Bertz CT molecular complexity index is 459. The van der Waals surface area contributed by atoms with Crippen molar-refractivity contribution in [3.63, 3.8) is 0 Å². The minimum absolute atomic E-state index is 0.291. The Morgan fingerprint density at radius 1 is 1.35 bits per heavy atom. The summed E-state index contributed by atoms with van der Waals surface area (Å²) in [7, 11) is 0. The molecule has 1 aliphatic heterocycles. The standard InChI is InChI=1S/C14H20F3N3/c1-3-11-6-5-7-20(11)13-9-10(14(15,16)17)8-12(19-13)18-4-2/h8-9,11H,3-7H2,1-2H3,(H,18,19). The van der Waals surface area contributed by atoms with Crippen LogP contribution >= 0.6 is 0 Å². The SMILES string of the molecule is CCNc1cc(C(F)(F)F)cc(N2CCCC2CC)n1. The number of nitrogens with zero attached hydrogens (tertiary/aromatic N) is 2. The monoisotopic (exact) mass is 287 g/mol. The molecule has 1 unspecified atom stereocenters. The molecule has 1 fully saturated rings. The molecule has 1 aliphatic rings. The maximum Gasteiger partial charge on any atom is 0.416 e. The first-order valence-corrected chi connectivity index (χ1v) is 7.05. The Kier molecular flexibility index (Phi) is 4.40. The summed E-state index contributed by atoms with van der Waals surface area (Å²) in [5, 5.41) is 2.88. The number of hydrogen-bond acceptors (Lipinski definition) is 3. The lowest BCUT2D eigenvalue weighted by molar-refractivity contribution is -0.137. The molecule has 2 rings (SSSR count). The molecule has 0 bridgehead atoms. The van der Waals surface area contributed by atoms with E-state index < -0.39 is 11.7 Å². The predicted molar refractivity (Wildman–Crippen MR) is 74.1 cm³/mol. The first kappa shape index (κ1) is 14.9. The van der Waals surface area contributed by atoms with Crippen molar-refractivity contribution >= 4 is 11.6 Å². The van der Waals surface area contributed by atoms with E-state index in [1.54, 1.807) is 0 Å². The highest BCUT2D eigenvalue weighted by Gasteiger charge is 2.33. The van der Waals surface area contributed by atoms with E-state index in [1.165, 1.54) is 0 Å². The van der Waals surface area contributed by atoms with Crippen LogP contribution in [0.1, 0.15) is 38.7 Å². The summed E-state index contributed by atoms with van der Waals surface area (Å²) in [6.07, 6.45) is -1.39. The number of halogens is 3. The highest BCUT2D eigenvalue weighted by atomic mass is 19.4. The molecule has 0 spiro atoms. The van der Waals surface area contributed by atoms with Gasteiger partial charge in [0.05, 0.1) is 5.56 Å². The number of hydrogen-bond donors (Lipinski definition) is 1. The molecule has 6 heteroatoms. The van der Waals surface area contributed by atoms with Gasteiger partial charge in [-0.15, -0.1) is 0 Å². The van der Waals surface area contributed by atoms with Crippen molar-refractivity contribution in [3.05, 3.63) is 17.7 Å². The molecule has 0 aliphatic carbocycles. The van der Waals surface area contributed by atoms with E-state index in [2.05, 4.69) is 17.2 Å². The second kappa shape index (κ2) is 5.89. The molecular formula is C14H20F3N3. The first-order chi connectivity index (χ1) is 9.45. The van der Waals surface area contributed by atoms with Gasteiger partial charge in [0.2, 0.25) is 0 Å². The third kappa shape index (κ3) is 3.16. The lowest BCUT2D eigenvalue weighted by atomic mass is 10.1. The van der Waals surface area contributed by atoms with Gasteiger partial charge in [-0.3, -0.25) is 0 Å². The van der Waals surface area contributed by atoms with Gasteiger partial charge in [0.1, 0.15) is 11.6 Å². The molecule has 3 nitrogen and oxygen atoms in total. The van der Waals surface area contributed by atoms with Gasteiger partial charge >= 0.3 is 6.18 Å². The van der Waals surface area contributed by atoms with Crippen LogP contribution in [0.2, 0.25) is 0 Å². The minimum atomic E-state index is -4.34. The Labute approximate surface area is 117 Å². The van der Waals surface area contributed by atoms with Crippen LogP contribution in [-0.4, -0.2) is 24.1 Å². The highest BCUT2D eigenvalue weighted by Crippen LogP contribution is 2.35. The molecule has 1 aromatic heterocycles. The van der Waals surface area contributed by atoms with E-state index in [0.717, 1.165) is 37.9 Å². The summed E-state index contributed by atoms with van der Waals surface area (Å²) in [5.74, 6) is 0.721. The predicted octanol–water partition coefficient (Wildman–Crippen LogP) is 3.91. The largest absolute Gasteiger partial charge is 0.416 e. The smallest absolute Gasteiger partial charge is 0.370 e. The summed E-state index contributed by atoms with van der Waals surface area (Å²) < 4.78 is 38.9. The zero-order valence-electron chi connectivity index (χ0n) is 11.8. The van der Waals surface area contributed by atoms with Crippen molar-refractivity contribution in [1.82, 2.24) is 4.98 Å². The topological polar surface area (TPSA) is 28.2 Å². The summed E-state index contributed by atoms with van der Waals surface area (Å²) >= 11 is 0. The number of pyridine rings is 1. The number of rotatable bonds is 4. The van der Waals surface area contributed by atoms with Crippen molar-refractivity contribution in [2.45, 2.75) is 45.3 Å². The average Bonchev–Trinajstić information content (AvgIpc) is 2.86. The third-order valence-corrected chi connectivity index (χ3v) is 3.64. The second-order valence-corrected chi connectivity index (χ2v) is 5.03.